The lowest BCUT2D eigenvalue weighted by Gasteiger charge is -2.25. The van der Waals surface area contributed by atoms with Crippen LogP contribution in [0.2, 0.25) is 0 Å². The molecule has 6 nitrogen and oxygen atoms in total. The standard InChI is InChI=1S/C24H28N4O2/c1-26-21-7-3-2-6-20(21)25-23(26)17-28(14-13-27-11-4-5-12-27)24(29)19-8-9-22-18(16-19)10-15-30-22/h2-3,6-9,16H,4-5,10-15,17H2,1H3. The molecular weight excluding hydrogens is 376 g/mol. The van der Waals surface area contributed by atoms with Crippen molar-refractivity contribution in [1.29, 1.82) is 0 Å². The van der Waals surface area contributed by atoms with Gasteiger partial charge in [0.2, 0.25) is 0 Å². The van der Waals surface area contributed by atoms with Crippen molar-refractivity contribution in [2.45, 2.75) is 25.8 Å². The van der Waals surface area contributed by atoms with Crippen molar-refractivity contribution in [2.75, 3.05) is 32.8 Å². The van der Waals surface area contributed by atoms with Crippen LogP contribution >= 0.6 is 0 Å². The molecule has 2 aliphatic rings. The number of amides is 1. The van der Waals surface area contributed by atoms with Gasteiger partial charge in [-0.2, -0.15) is 0 Å². The lowest BCUT2D eigenvalue weighted by molar-refractivity contribution is 0.0721. The summed E-state index contributed by atoms with van der Waals surface area (Å²) in [6, 6.07) is 14.0. The Bertz CT molecular complexity index is 1070. The van der Waals surface area contributed by atoms with Gasteiger partial charge in [0, 0.05) is 32.1 Å². The number of ether oxygens (including phenoxy) is 1. The Kier molecular flexibility index (Phi) is 5.17. The summed E-state index contributed by atoms with van der Waals surface area (Å²) < 4.78 is 7.71. The SMILES string of the molecule is Cn1c(CN(CCN2CCCC2)C(=O)c2ccc3c(c2)CCO3)nc2ccccc21. The summed E-state index contributed by atoms with van der Waals surface area (Å²) in [5.41, 5.74) is 3.92. The van der Waals surface area contributed by atoms with Crippen molar-refractivity contribution in [3.63, 3.8) is 0 Å². The zero-order chi connectivity index (χ0) is 20.5. The zero-order valence-electron chi connectivity index (χ0n) is 17.5. The molecule has 2 aromatic carbocycles. The van der Waals surface area contributed by atoms with Crippen molar-refractivity contribution >= 4 is 16.9 Å². The largest absolute Gasteiger partial charge is 0.493 e. The summed E-state index contributed by atoms with van der Waals surface area (Å²) in [4.78, 5) is 22.7. The first-order chi connectivity index (χ1) is 14.7. The van der Waals surface area contributed by atoms with Crippen LogP contribution in [0.1, 0.15) is 34.6 Å². The normalized spacial score (nSPS) is 16.0. The Morgan fingerprint density at radius 3 is 2.83 bits per heavy atom. The average Bonchev–Trinajstić information content (AvgIpc) is 3.51. The van der Waals surface area contributed by atoms with E-state index in [2.05, 4.69) is 15.5 Å². The predicted octanol–water partition coefficient (Wildman–Crippen LogP) is 3.25. The summed E-state index contributed by atoms with van der Waals surface area (Å²) in [5, 5.41) is 0. The summed E-state index contributed by atoms with van der Waals surface area (Å²) in [6.45, 7) is 5.07. The average molecular weight is 405 g/mol. The molecule has 0 radical (unpaired) electrons. The monoisotopic (exact) mass is 404 g/mol. The van der Waals surface area contributed by atoms with Crippen LogP contribution in [-0.4, -0.2) is 58.0 Å². The van der Waals surface area contributed by atoms with Gasteiger partial charge in [-0.1, -0.05) is 12.1 Å². The first kappa shape index (κ1) is 19.1. The number of aromatic nitrogens is 2. The minimum absolute atomic E-state index is 0.0657. The molecule has 1 fully saturated rings. The van der Waals surface area contributed by atoms with Crippen LogP contribution in [0.4, 0.5) is 0 Å². The van der Waals surface area contributed by atoms with E-state index in [1.54, 1.807) is 0 Å². The lowest BCUT2D eigenvalue weighted by atomic mass is 10.1. The Labute approximate surface area is 177 Å². The fourth-order valence-electron chi connectivity index (χ4n) is 4.53. The molecule has 0 atom stereocenters. The van der Waals surface area contributed by atoms with Crippen LogP contribution < -0.4 is 4.74 Å². The maximum atomic E-state index is 13.5. The Morgan fingerprint density at radius 2 is 2.00 bits per heavy atom. The van der Waals surface area contributed by atoms with E-state index in [4.69, 9.17) is 9.72 Å². The third-order valence-corrected chi connectivity index (χ3v) is 6.32. The summed E-state index contributed by atoms with van der Waals surface area (Å²) in [6.07, 6.45) is 3.38. The molecule has 30 heavy (non-hydrogen) atoms. The number of carbonyl (C=O) groups excluding carboxylic acids is 1. The Hall–Kier alpha value is -2.86. The molecule has 1 amide bonds. The van der Waals surface area contributed by atoms with E-state index in [0.29, 0.717) is 19.7 Å². The second-order valence-corrected chi connectivity index (χ2v) is 8.27. The molecule has 5 rings (SSSR count). The highest BCUT2D eigenvalue weighted by atomic mass is 16.5. The molecule has 3 heterocycles. The van der Waals surface area contributed by atoms with Gasteiger partial charge >= 0.3 is 0 Å². The van der Waals surface area contributed by atoms with Crippen LogP contribution in [0.5, 0.6) is 5.75 Å². The fourth-order valence-corrected chi connectivity index (χ4v) is 4.53. The number of benzene rings is 2. The van der Waals surface area contributed by atoms with Gasteiger partial charge in [-0.05, 0) is 61.8 Å². The number of aryl methyl sites for hydroxylation is 1. The van der Waals surface area contributed by atoms with Crippen LogP contribution in [0.3, 0.4) is 0 Å². The van der Waals surface area contributed by atoms with Gasteiger partial charge in [0.15, 0.2) is 0 Å². The Morgan fingerprint density at radius 1 is 1.17 bits per heavy atom. The number of fused-ring (bicyclic) bond motifs is 2. The van der Waals surface area contributed by atoms with E-state index >= 15 is 0 Å². The summed E-state index contributed by atoms with van der Waals surface area (Å²) in [5.74, 6) is 1.89. The first-order valence-corrected chi connectivity index (χ1v) is 10.9. The topological polar surface area (TPSA) is 50.6 Å². The van der Waals surface area contributed by atoms with Crippen LogP contribution in [0.15, 0.2) is 42.5 Å². The third kappa shape index (κ3) is 3.67. The molecule has 1 saturated heterocycles. The van der Waals surface area contributed by atoms with Crippen molar-refractivity contribution in [3.8, 4) is 5.75 Å². The van der Waals surface area contributed by atoms with Crippen molar-refractivity contribution < 1.29 is 9.53 Å². The fraction of sp³-hybridized carbons (Fsp3) is 0.417. The van der Waals surface area contributed by atoms with Crippen LogP contribution in [-0.2, 0) is 20.0 Å². The second-order valence-electron chi connectivity index (χ2n) is 8.27. The van der Waals surface area contributed by atoms with Crippen molar-refractivity contribution in [1.82, 2.24) is 19.4 Å². The number of nitrogens with zero attached hydrogens (tertiary/aromatic N) is 4. The molecule has 0 saturated carbocycles. The van der Waals surface area contributed by atoms with E-state index in [1.165, 1.54) is 12.8 Å². The molecule has 2 aliphatic heterocycles. The predicted molar refractivity (Wildman–Crippen MR) is 117 cm³/mol. The van der Waals surface area contributed by atoms with Gasteiger partial charge in [0.25, 0.3) is 5.91 Å². The number of hydrogen-bond acceptors (Lipinski definition) is 4. The van der Waals surface area contributed by atoms with E-state index in [-0.39, 0.29) is 5.91 Å². The molecule has 0 aliphatic carbocycles. The zero-order valence-corrected chi connectivity index (χ0v) is 17.5. The third-order valence-electron chi connectivity index (χ3n) is 6.32. The molecule has 0 bridgehead atoms. The van der Waals surface area contributed by atoms with Gasteiger partial charge in [-0.25, -0.2) is 4.98 Å². The van der Waals surface area contributed by atoms with Gasteiger partial charge in [0.1, 0.15) is 11.6 Å². The molecule has 3 aromatic rings. The van der Waals surface area contributed by atoms with Gasteiger partial charge < -0.3 is 19.1 Å². The van der Waals surface area contributed by atoms with E-state index in [9.17, 15) is 4.79 Å². The van der Waals surface area contributed by atoms with Crippen molar-refractivity contribution in [3.05, 3.63) is 59.4 Å². The maximum Gasteiger partial charge on any atom is 0.254 e. The minimum Gasteiger partial charge on any atom is -0.493 e. The molecule has 1 aromatic heterocycles. The number of likely N-dealkylation sites (tertiary alicyclic amines) is 1. The van der Waals surface area contributed by atoms with E-state index in [0.717, 1.165) is 59.8 Å². The Balaban J connectivity index is 1.41. The number of para-hydroxylation sites is 2. The maximum absolute atomic E-state index is 13.5. The number of hydrogen-bond donors (Lipinski definition) is 0. The lowest BCUT2D eigenvalue weighted by Crippen LogP contribution is -2.38. The highest BCUT2D eigenvalue weighted by Gasteiger charge is 2.23. The van der Waals surface area contributed by atoms with Crippen molar-refractivity contribution in [2.24, 2.45) is 7.05 Å². The van der Waals surface area contributed by atoms with E-state index < -0.39 is 0 Å². The quantitative estimate of drug-likeness (QED) is 0.633. The van der Waals surface area contributed by atoms with Gasteiger partial charge in [0.05, 0.1) is 24.2 Å². The molecule has 0 unspecified atom stereocenters. The van der Waals surface area contributed by atoms with E-state index in [1.807, 2.05) is 48.3 Å². The number of carbonyl (C=O) groups is 1. The highest BCUT2D eigenvalue weighted by Crippen LogP contribution is 2.27. The summed E-state index contributed by atoms with van der Waals surface area (Å²) in [7, 11) is 2.03. The molecular formula is C24H28N4O2. The summed E-state index contributed by atoms with van der Waals surface area (Å²) >= 11 is 0. The number of rotatable bonds is 6. The molecule has 0 spiro atoms. The molecule has 0 N–H and O–H groups in total. The molecule has 156 valence electrons. The highest BCUT2D eigenvalue weighted by molar-refractivity contribution is 5.94. The van der Waals surface area contributed by atoms with Gasteiger partial charge in [-0.3, -0.25) is 4.79 Å². The van der Waals surface area contributed by atoms with Crippen LogP contribution in [0, 0.1) is 0 Å². The smallest absolute Gasteiger partial charge is 0.254 e. The number of imidazole rings is 1. The molecule has 6 heteroatoms. The van der Waals surface area contributed by atoms with Gasteiger partial charge in [-0.15, -0.1) is 0 Å². The van der Waals surface area contributed by atoms with Crippen LogP contribution in [0.25, 0.3) is 11.0 Å². The minimum atomic E-state index is 0.0657. The second kappa shape index (κ2) is 8.11. The first-order valence-electron chi connectivity index (χ1n) is 10.9.